The summed E-state index contributed by atoms with van der Waals surface area (Å²) in [6.45, 7) is 7.18. The van der Waals surface area contributed by atoms with E-state index in [-0.39, 0.29) is 29.4 Å². The van der Waals surface area contributed by atoms with Crippen molar-refractivity contribution in [1.82, 2.24) is 14.3 Å². The highest BCUT2D eigenvalue weighted by atomic mass is 32.2. The van der Waals surface area contributed by atoms with Gasteiger partial charge in [0.2, 0.25) is 16.0 Å². The van der Waals surface area contributed by atoms with Crippen LogP contribution in [0.3, 0.4) is 0 Å². The van der Waals surface area contributed by atoms with Crippen LogP contribution in [0, 0.1) is 11.8 Å². The molecule has 0 bridgehead atoms. The first kappa shape index (κ1) is 27.8. The second kappa shape index (κ2) is 11.3. The minimum absolute atomic E-state index is 0.0909. The summed E-state index contributed by atoms with van der Waals surface area (Å²) >= 11 is 0. The van der Waals surface area contributed by atoms with Crippen molar-refractivity contribution in [1.29, 1.82) is 0 Å². The van der Waals surface area contributed by atoms with E-state index in [2.05, 4.69) is 9.97 Å². The van der Waals surface area contributed by atoms with Crippen LogP contribution in [0.5, 0.6) is 5.75 Å². The number of nitrogens with zero attached hydrogens (tertiary/aromatic N) is 4. The van der Waals surface area contributed by atoms with Gasteiger partial charge < -0.3 is 15.4 Å². The summed E-state index contributed by atoms with van der Waals surface area (Å²) in [6, 6.07) is -0.483. The van der Waals surface area contributed by atoms with Crippen molar-refractivity contribution in [3.05, 3.63) is 35.9 Å². The number of nitrogens with two attached hydrogens (primary N) is 1. The normalized spacial score (nSPS) is 29.5. The van der Waals surface area contributed by atoms with Crippen LogP contribution in [0.25, 0.3) is 0 Å². The van der Waals surface area contributed by atoms with Gasteiger partial charge in [0.05, 0.1) is 23.7 Å². The maximum absolute atomic E-state index is 14.3. The first-order chi connectivity index (χ1) is 17.5. The number of hydrogen-bond acceptors (Lipinski definition) is 7. The van der Waals surface area contributed by atoms with Crippen LogP contribution in [0.4, 0.5) is 19.1 Å². The van der Waals surface area contributed by atoms with Crippen LogP contribution in [-0.2, 0) is 10.0 Å². The van der Waals surface area contributed by atoms with Gasteiger partial charge in [0.15, 0.2) is 18.1 Å². The van der Waals surface area contributed by atoms with Crippen LogP contribution in [0.15, 0.2) is 35.9 Å². The minimum Gasteiger partial charge on any atom is -0.487 e. The van der Waals surface area contributed by atoms with Gasteiger partial charge in [0, 0.05) is 38.1 Å². The number of halogens is 3. The molecule has 37 heavy (non-hydrogen) atoms. The molecule has 2 aliphatic heterocycles. The minimum atomic E-state index is -3.26. The molecule has 8 nitrogen and oxygen atoms in total. The zero-order valence-corrected chi connectivity index (χ0v) is 22.3. The molecule has 2 fully saturated rings. The van der Waals surface area contributed by atoms with Gasteiger partial charge in [-0.05, 0) is 56.8 Å². The van der Waals surface area contributed by atoms with Crippen LogP contribution < -0.4 is 15.4 Å². The Morgan fingerprint density at radius 1 is 1.11 bits per heavy atom. The van der Waals surface area contributed by atoms with Crippen molar-refractivity contribution < 1.29 is 26.3 Å². The monoisotopic (exact) mass is 543 g/mol. The van der Waals surface area contributed by atoms with E-state index >= 15 is 0 Å². The van der Waals surface area contributed by atoms with Crippen molar-refractivity contribution in [2.45, 2.75) is 69.8 Å². The number of allylic oxidation sites excluding steroid dienone is 3. The fourth-order valence-electron chi connectivity index (χ4n) is 5.20. The van der Waals surface area contributed by atoms with Gasteiger partial charge in [-0.25, -0.2) is 35.9 Å². The zero-order chi connectivity index (χ0) is 26.9. The van der Waals surface area contributed by atoms with Crippen molar-refractivity contribution in [2.75, 3.05) is 31.1 Å². The number of anilines is 1. The highest BCUT2D eigenvalue weighted by Crippen LogP contribution is 2.35. The molecule has 3 heterocycles. The molecule has 3 aliphatic rings. The standard InChI is InChI=1S/C25H36F3N5O3S/c1-4-15(2)37(34,35)33-7-5-17(6-8-33)16(3)36-18-11-30-25(31-12-18)32-13-20(24(29)14-32)19-9-22(27)23(28)10-21(19)26/h9-12,15-17,20,22-24H,4-8,13-14,29H2,1-3H3/t15-,16-,20+,22?,23?,24-/m0/s1. The Bertz CT molecular complexity index is 1110. The summed E-state index contributed by atoms with van der Waals surface area (Å²) in [6.07, 6.45) is 2.77. The van der Waals surface area contributed by atoms with Gasteiger partial charge in [-0.3, -0.25) is 0 Å². The third-order valence-corrected chi connectivity index (χ3v) is 10.2. The van der Waals surface area contributed by atoms with E-state index in [0.717, 1.165) is 6.08 Å². The lowest BCUT2D eigenvalue weighted by atomic mass is 9.89. The van der Waals surface area contributed by atoms with Gasteiger partial charge in [-0.2, -0.15) is 0 Å². The smallest absolute Gasteiger partial charge is 0.225 e. The van der Waals surface area contributed by atoms with Crippen LogP contribution in [-0.4, -0.2) is 78.6 Å². The number of hydrogen-bond donors (Lipinski definition) is 1. The summed E-state index contributed by atoms with van der Waals surface area (Å²) in [7, 11) is -3.26. The molecule has 2 unspecified atom stereocenters. The van der Waals surface area contributed by atoms with E-state index in [9.17, 15) is 21.6 Å². The maximum Gasteiger partial charge on any atom is 0.225 e. The molecule has 4 rings (SSSR count). The summed E-state index contributed by atoms with van der Waals surface area (Å²) in [5, 5.41) is -0.383. The average molecular weight is 544 g/mol. The predicted molar refractivity (Wildman–Crippen MR) is 136 cm³/mol. The molecule has 6 atom stereocenters. The molecule has 0 aromatic carbocycles. The van der Waals surface area contributed by atoms with E-state index in [1.807, 2.05) is 13.8 Å². The molecule has 12 heteroatoms. The average Bonchev–Trinajstić information content (AvgIpc) is 3.27. The number of piperidine rings is 1. The highest BCUT2D eigenvalue weighted by molar-refractivity contribution is 7.89. The molecule has 1 aromatic heterocycles. The number of ether oxygens (including phenoxy) is 1. The van der Waals surface area contributed by atoms with Crippen molar-refractivity contribution in [2.24, 2.45) is 17.6 Å². The fourth-order valence-corrected chi connectivity index (χ4v) is 6.85. The van der Waals surface area contributed by atoms with Crippen molar-refractivity contribution in [3.63, 3.8) is 0 Å². The molecule has 206 valence electrons. The van der Waals surface area contributed by atoms with Crippen LogP contribution in [0.1, 0.15) is 40.0 Å². The molecule has 0 saturated carbocycles. The van der Waals surface area contributed by atoms with E-state index in [1.54, 1.807) is 28.5 Å². The Hall–Kier alpha value is -2.18. The quantitative estimate of drug-likeness (QED) is 0.537. The SMILES string of the molecule is CC[C@H](C)S(=O)(=O)N1CCC([C@H](C)Oc2cnc(N3C[C@H](C4=CC(F)C(F)C=C4F)[C@@H](N)C3)nc2)CC1. The third-order valence-electron chi connectivity index (χ3n) is 7.81. The van der Waals surface area contributed by atoms with E-state index in [4.69, 9.17) is 10.5 Å². The lowest BCUT2D eigenvalue weighted by molar-refractivity contribution is 0.110. The third kappa shape index (κ3) is 5.96. The summed E-state index contributed by atoms with van der Waals surface area (Å²) in [5.74, 6) is -0.191. The van der Waals surface area contributed by atoms with E-state index in [0.29, 0.717) is 56.7 Å². The Morgan fingerprint density at radius 2 is 1.73 bits per heavy atom. The number of aromatic nitrogens is 2. The Balaban J connectivity index is 1.32. The first-order valence-electron chi connectivity index (χ1n) is 12.9. The molecule has 0 radical (unpaired) electrons. The molecule has 2 N–H and O–H groups in total. The zero-order valence-electron chi connectivity index (χ0n) is 21.4. The lowest BCUT2D eigenvalue weighted by Crippen LogP contribution is -2.44. The molecule has 0 spiro atoms. The molecule has 1 aliphatic carbocycles. The van der Waals surface area contributed by atoms with Gasteiger partial charge in [-0.1, -0.05) is 6.92 Å². The van der Waals surface area contributed by atoms with Gasteiger partial charge in [-0.15, -0.1) is 0 Å². The number of sulfonamides is 1. The maximum atomic E-state index is 14.3. The summed E-state index contributed by atoms with van der Waals surface area (Å²) in [4.78, 5) is 10.5. The molecular weight excluding hydrogens is 507 g/mol. The van der Waals surface area contributed by atoms with E-state index in [1.165, 1.54) is 0 Å². The van der Waals surface area contributed by atoms with Gasteiger partial charge in [0.1, 0.15) is 5.83 Å². The highest BCUT2D eigenvalue weighted by Gasteiger charge is 2.38. The molecule has 0 amide bonds. The fraction of sp³-hybridized carbons (Fsp3) is 0.680. The first-order valence-corrected chi connectivity index (χ1v) is 14.4. The summed E-state index contributed by atoms with van der Waals surface area (Å²) < 4.78 is 74.4. The van der Waals surface area contributed by atoms with Gasteiger partial charge in [0.25, 0.3) is 0 Å². The van der Waals surface area contributed by atoms with Crippen LogP contribution in [0.2, 0.25) is 0 Å². The summed E-state index contributed by atoms with van der Waals surface area (Å²) in [5.41, 5.74) is 6.30. The second-order valence-corrected chi connectivity index (χ2v) is 12.6. The molecular formula is C25H36F3N5O3S. The van der Waals surface area contributed by atoms with Gasteiger partial charge >= 0.3 is 0 Å². The van der Waals surface area contributed by atoms with Crippen LogP contribution >= 0.6 is 0 Å². The van der Waals surface area contributed by atoms with Crippen molar-refractivity contribution >= 4 is 16.0 Å². The Labute approximate surface area is 216 Å². The van der Waals surface area contributed by atoms with Crippen molar-refractivity contribution in [3.8, 4) is 5.75 Å². The largest absolute Gasteiger partial charge is 0.487 e. The lowest BCUT2D eigenvalue weighted by Gasteiger charge is -2.35. The number of rotatable bonds is 8. The molecule has 2 saturated heterocycles. The molecule has 1 aromatic rings. The predicted octanol–water partition coefficient (Wildman–Crippen LogP) is 3.32. The Kier molecular flexibility index (Phi) is 8.49. The topological polar surface area (TPSA) is 102 Å². The number of alkyl halides is 2. The second-order valence-electron chi connectivity index (χ2n) is 10.2. The van der Waals surface area contributed by atoms with E-state index < -0.39 is 40.2 Å². The Morgan fingerprint density at radius 3 is 2.35 bits per heavy atom.